The lowest BCUT2D eigenvalue weighted by Gasteiger charge is -2.29. The van der Waals surface area contributed by atoms with Gasteiger partial charge in [0.15, 0.2) is 5.13 Å². The highest BCUT2D eigenvalue weighted by molar-refractivity contribution is 8.14. The van der Waals surface area contributed by atoms with Gasteiger partial charge in [-0.05, 0) is 20.8 Å². The molecule has 0 spiro atoms. The molecule has 2 amide bonds. The summed E-state index contributed by atoms with van der Waals surface area (Å²) in [7, 11) is 1.58. The molecule has 0 saturated carbocycles. The monoisotopic (exact) mass is 421 g/mol. The fraction of sp³-hybridized carbons (Fsp3) is 0.667. The van der Waals surface area contributed by atoms with Gasteiger partial charge in [-0.2, -0.15) is 0 Å². The van der Waals surface area contributed by atoms with Gasteiger partial charge in [0.2, 0.25) is 15.0 Å². The van der Waals surface area contributed by atoms with Gasteiger partial charge in [0.25, 0.3) is 0 Å². The van der Waals surface area contributed by atoms with Crippen molar-refractivity contribution in [2.45, 2.75) is 51.0 Å². The van der Waals surface area contributed by atoms with E-state index >= 15 is 0 Å². The number of rotatable bonds is 2. The van der Waals surface area contributed by atoms with E-state index in [1.54, 1.807) is 4.90 Å². The first-order valence-corrected chi connectivity index (χ1v) is 11.3. The van der Waals surface area contributed by atoms with Crippen LogP contribution in [0.4, 0.5) is 9.93 Å². The number of hydrogen-bond acceptors (Lipinski definition) is 7. The molecule has 144 valence electrons. The Kier molecular flexibility index (Phi) is 4.95. The molecule has 2 aliphatic rings. The zero-order chi connectivity index (χ0) is 19.3. The molecular weight excluding hydrogens is 402 g/mol. The number of carbonyl (C=O) groups is 2. The SMILES string of the molecule is CC(C)(C)OC(=O)N1CCc2nc(N3CC(S(=O)(=O)Cl)CC3=O)sc2C1. The molecular formula is C15H20ClN3O5S2. The molecule has 0 N–H and O–H groups in total. The van der Waals surface area contributed by atoms with E-state index in [4.69, 9.17) is 15.4 Å². The number of thiazole rings is 1. The third-order valence-electron chi connectivity index (χ3n) is 4.09. The molecule has 1 aromatic heterocycles. The first kappa shape index (κ1) is 19.4. The number of fused-ring (bicyclic) bond motifs is 1. The Balaban J connectivity index is 1.74. The molecule has 1 fully saturated rings. The third-order valence-corrected chi connectivity index (χ3v) is 7.06. The number of halogens is 1. The first-order chi connectivity index (χ1) is 11.9. The minimum Gasteiger partial charge on any atom is -0.444 e. The summed E-state index contributed by atoms with van der Waals surface area (Å²) >= 11 is 1.29. The van der Waals surface area contributed by atoms with Crippen molar-refractivity contribution in [1.29, 1.82) is 0 Å². The van der Waals surface area contributed by atoms with E-state index in [0.29, 0.717) is 24.6 Å². The Morgan fingerprint density at radius 3 is 2.65 bits per heavy atom. The maximum Gasteiger partial charge on any atom is 0.410 e. The maximum absolute atomic E-state index is 12.2. The first-order valence-electron chi connectivity index (χ1n) is 8.14. The van der Waals surface area contributed by atoms with Crippen molar-refractivity contribution < 1.29 is 22.7 Å². The number of anilines is 1. The largest absolute Gasteiger partial charge is 0.444 e. The lowest BCUT2D eigenvalue weighted by atomic mass is 10.2. The highest BCUT2D eigenvalue weighted by atomic mass is 35.7. The summed E-state index contributed by atoms with van der Waals surface area (Å²) in [4.78, 5) is 32.7. The highest BCUT2D eigenvalue weighted by Gasteiger charge is 2.40. The molecule has 1 aromatic rings. The molecule has 0 aromatic carbocycles. The van der Waals surface area contributed by atoms with Crippen LogP contribution in [0.5, 0.6) is 0 Å². The molecule has 8 nitrogen and oxygen atoms in total. The number of aromatic nitrogens is 1. The number of hydrogen-bond donors (Lipinski definition) is 0. The van der Waals surface area contributed by atoms with Gasteiger partial charge in [0.05, 0.1) is 12.2 Å². The van der Waals surface area contributed by atoms with Crippen LogP contribution in [0.3, 0.4) is 0 Å². The van der Waals surface area contributed by atoms with Gasteiger partial charge in [-0.25, -0.2) is 18.2 Å². The van der Waals surface area contributed by atoms with Crippen molar-refractivity contribution in [1.82, 2.24) is 9.88 Å². The van der Waals surface area contributed by atoms with Crippen LogP contribution in [0.1, 0.15) is 37.8 Å². The van der Waals surface area contributed by atoms with Crippen LogP contribution in [-0.4, -0.2) is 54.2 Å². The van der Waals surface area contributed by atoms with Crippen LogP contribution in [-0.2, 0) is 31.5 Å². The summed E-state index contributed by atoms with van der Waals surface area (Å²) in [6, 6.07) is 0. The number of ether oxygens (including phenoxy) is 1. The van der Waals surface area contributed by atoms with Gasteiger partial charge in [0, 0.05) is 41.5 Å². The standard InChI is InChI=1S/C15H20ClN3O5S2/c1-15(2,3)24-14(21)18-5-4-10-11(8-18)25-13(17-10)19-7-9(6-12(19)20)26(16,22)23/h9H,4-8H2,1-3H3. The fourth-order valence-corrected chi connectivity index (χ4v) is 5.00. The number of carbonyl (C=O) groups excluding carboxylic acids is 2. The van der Waals surface area contributed by atoms with Crippen LogP contribution in [0.25, 0.3) is 0 Å². The van der Waals surface area contributed by atoms with Crippen LogP contribution < -0.4 is 4.90 Å². The second-order valence-electron chi connectivity index (χ2n) is 7.32. The second-order valence-corrected chi connectivity index (χ2v) is 11.3. The van der Waals surface area contributed by atoms with Crippen molar-refractivity contribution >= 4 is 48.2 Å². The summed E-state index contributed by atoms with van der Waals surface area (Å²) in [5.41, 5.74) is 0.259. The van der Waals surface area contributed by atoms with E-state index in [2.05, 4.69) is 4.98 Å². The molecule has 3 heterocycles. The van der Waals surface area contributed by atoms with Crippen molar-refractivity contribution in [3.05, 3.63) is 10.6 Å². The molecule has 1 unspecified atom stereocenters. The number of amides is 2. The molecule has 2 aliphatic heterocycles. The molecule has 0 radical (unpaired) electrons. The van der Waals surface area contributed by atoms with Crippen LogP contribution in [0.2, 0.25) is 0 Å². The predicted molar refractivity (Wildman–Crippen MR) is 98.0 cm³/mol. The average molecular weight is 422 g/mol. The van der Waals surface area contributed by atoms with Crippen LogP contribution >= 0.6 is 22.0 Å². The number of nitrogens with zero attached hydrogens (tertiary/aromatic N) is 3. The van der Waals surface area contributed by atoms with Gasteiger partial charge in [0.1, 0.15) is 10.9 Å². The van der Waals surface area contributed by atoms with E-state index in [9.17, 15) is 18.0 Å². The molecule has 26 heavy (non-hydrogen) atoms. The Morgan fingerprint density at radius 2 is 2.08 bits per heavy atom. The van der Waals surface area contributed by atoms with Crippen molar-refractivity contribution in [3.63, 3.8) is 0 Å². The molecule has 1 atom stereocenters. The van der Waals surface area contributed by atoms with E-state index in [1.807, 2.05) is 20.8 Å². The summed E-state index contributed by atoms with van der Waals surface area (Å²) in [6.07, 6.45) is 0.0356. The van der Waals surface area contributed by atoms with E-state index in [-0.39, 0.29) is 25.0 Å². The average Bonchev–Trinajstić information content (AvgIpc) is 3.06. The minimum absolute atomic E-state index is 0.00679. The Hall–Kier alpha value is -1.39. The van der Waals surface area contributed by atoms with Gasteiger partial charge in [-0.1, -0.05) is 11.3 Å². The zero-order valence-corrected chi connectivity index (χ0v) is 17.1. The second kappa shape index (κ2) is 6.65. The van der Waals surface area contributed by atoms with Crippen molar-refractivity contribution in [2.24, 2.45) is 0 Å². The maximum atomic E-state index is 12.2. The highest BCUT2D eigenvalue weighted by Crippen LogP contribution is 2.34. The molecule has 1 saturated heterocycles. The zero-order valence-electron chi connectivity index (χ0n) is 14.7. The lowest BCUT2D eigenvalue weighted by Crippen LogP contribution is -2.39. The van der Waals surface area contributed by atoms with Crippen LogP contribution in [0.15, 0.2) is 0 Å². The topological polar surface area (TPSA) is 96.9 Å². The van der Waals surface area contributed by atoms with Crippen molar-refractivity contribution in [2.75, 3.05) is 18.0 Å². The molecule has 0 bridgehead atoms. The van der Waals surface area contributed by atoms with Gasteiger partial charge < -0.3 is 9.64 Å². The smallest absolute Gasteiger partial charge is 0.410 e. The van der Waals surface area contributed by atoms with E-state index in [1.165, 1.54) is 16.2 Å². The Labute approximate surface area is 160 Å². The van der Waals surface area contributed by atoms with Crippen molar-refractivity contribution in [3.8, 4) is 0 Å². The van der Waals surface area contributed by atoms with Crippen LogP contribution in [0, 0.1) is 0 Å². The fourth-order valence-electron chi connectivity index (χ4n) is 2.83. The summed E-state index contributed by atoms with van der Waals surface area (Å²) in [6.45, 7) is 6.29. The lowest BCUT2D eigenvalue weighted by molar-refractivity contribution is -0.117. The minimum atomic E-state index is -3.80. The van der Waals surface area contributed by atoms with E-state index < -0.39 is 19.9 Å². The summed E-state index contributed by atoms with van der Waals surface area (Å²) in [5.74, 6) is -0.311. The predicted octanol–water partition coefficient (Wildman–Crippen LogP) is 2.11. The molecule has 3 rings (SSSR count). The molecule has 0 aliphatic carbocycles. The normalized spacial score (nSPS) is 21.1. The quantitative estimate of drug-likeness (QED) is 0.678. The van der Waals surface area contributed by atoms with E-state index in [0.717, 1.165) is 10.6 Å². The van der Waals surface area contributed by atoms with Gasteiger partial charge >= 0.3 is 6.09 Å². The Morgan fingerprint density at radius 1 is 1.38 bits per heavy atom. The third kappa shape index (κ3) is 4.12. The summed E-state index contributed by atoms with van der Waals surface area (Å²) in [5, 5.41) is -0.468. The van der Waals surface area contributed by atoms with Gasteiger partial charge in [-0.3, -0.25) is 9.69 Å². The summed E-state index contributed by atoms with van der Waals surface area (Å²) < 4.78 is 28.4. The molecule has 11 heteroatoms. The van der Waals surface area contributed by atoms with Gasteiger partial charge in [-0.15, -0.1) is 0 Å². The Bertz CT molecular complexity index is 846.